The molecule has 0 aliphatic carbocycles. The van der Waals surface area contributed by atoms with Gasteiger partial charge >= 0.3 is 0 Å². The molecule has 2 rings (SSSR count). The molecule has 0 amide bonds. The van der Waals surface area contributed by atoms with Crippen molar-refractivity contribution in [2.24, 2.45) is 0 Å². The molecule has 1 aliphatic rings. The highest BCUT2D eigenvalue weighted by Gasteiger charge is 2.35. The van der Waals surface area contributed by atoms with Gasteiger partial charge in [-0.3, -0.25) is 0 Å². The summed E-state index contributed by atoms with van der Waals surface area (Å²) in [7, 11) is -3.78. The number of hydrogen-bond donors (Lipinski definition) is 1. The molecule has 0 aromatic heterocycles. The molecule has 7 heteroatoms. The van der Waals surface area contributed by atoms with Crippen LogP contribution in [0.25, 0.3) is 0 Å². The van der Waals surface area contributed by atoms with Gasteiger partial charge in [-0.05, 0) is 31.5 Å². The number of nitrogens with zero attached hydrogens (tertiary/aromatic N) is 1. The molecule has 0 spiro atoms. The van der Waals surface area contributed by atoms with Gasteiger partial charge in [0, 0.05) is 6.61 Å². The first kappa shape index (κ1) is 14.3. The Labute approximate surface area is 117 Å². The molecule has 0 radical (unpaired) electrons. The Hall–Kier alpha value is -1.13. The minimum absolute atomic E-state index is 0.0821. The summed E-state index contributed by atoms with van der Waals surface area (Å²) in [5.41, 5.74) is -0.386. The van der Waals surface area contributed by atoms with Gasteiger partial charge in [-0.2, -0.15) is 5.26 Å². The zero-order valence-corrected chi connectivity index (χ0v) is 11.9. The summed E-state index contributed by atoms with van der Waals surface area (Å²) in [5.74, 6) is 0. The van der Waals surface area contributed by atoms with Gasteiger partial charge in [-0.1, -0.05) is 11.6 Å². The molecule has 19 heavy (non-hydrogen) atoms. The molecule has 1 aromatic carbocycles. The minimum Gasteiger partial charge on any atom is -0.379 e. The van der Waals surface area contributed by atoms with Crippen molar-refractivity contribution in [3.05, 3.63) is 28.8 Å². The van der Waals surface area contributed by atoms with Crippen LogP contribution in [0.2, 0.25) is 5.02 Å². The van der Waals surface area contributed by atoms with Gasteiger partial charge in [0.1, 0.15) is 4.90 Å². The Kier molecular flexibility index (Phi) is 3.83. The van der Waals surface area contributed by atoms with Crippen LogP contribution in [0, 0.1) is 11.3 Å². The van der Waals surface area contributed by atoms with E-state index in [2.05, 4.69) is 4.72 Å². The van der Waals surface area contributed by atoms with Crippen LogP contribution >= 0.6 is 11.6 Å². The number of benzene rings is 1. The van der Waals surface area contributed by atoms with Gasteiger partial charge in [0.05, 0.1) is 28.8 Å². The highest BCUT2D eigenvalue weighted by molar-refractivity contribution is 7.89. The van der Waals surface area contributed by atoms with Crippen LogP contribution in [0.3, 0.4) is 0 Å². The molecule has 1 unspecified atom stereocenters. The maximum atomic E-state index is 12.3. The predicted octanol–water partition coefficient (Wildman–Crippen LogP) is 1.67. The summed E-state index contributed by atoms with van der Waals surface area (Å²) in [6.07, 6.45) is 0.599. The molecule has 1 N–H and O–H groups in total. The third kappa shape index (κ3) is 3.07. The summed E-state index contributed by atoms with van der Waals surface area (Å²) >= 11 is 5.91. The second-order valence-electron chi connectivity index (χ2n) is 4.73. The fraction of sp³-hybridized carbons (Fsp3) is 0.417. The summed E-state index contributed by atoms with van der Waals surface area (Å²) in [5, 5.41) is 8.92. The Morgan fingerprint density at radius 1 is 1.53 bits per heavy atom. The molecular weight excluding hydrogens is 288 g/mol. The van der Waals surface area contributed by atoms with Crippen LogP contribution in [-0.4, -0.2) is 27.2 Å². The lowest BCUT2D eigenvalue weighted by atomic mass is 10.0. The molecule has 1 aliphatic heterocycles. The summed E-state index contributed by atoms with van der Waals surface area (Å²) in [6.45, 7) is 2.62. The SMILES string of the molecule is CC1(NS(=O)(=O)c2cc(C#N)ccc2Cl)CCOC1. The summed E-state index contributed by atoms with van der Waals surface area (Å²) in [6, 6.07) is 6.04. The van der Waals surface area contributed by atoms with Gasteiger partial charge in [0.15, 0.2) is 0 Å². The average Bonchev–Trinajstić information content (AvgIpc) is 2.75. The molecule has 0 saturated carbocycles. The quantitative estimate of drug-likeness (QED) is 0.921. The molecule has 1 heterocycles. The van der Waals surface area contributed by atoms with E-state index in [1.807, 2.05) is 6.07 Å². The average molecular weight is 301 g/mol. The van der Waals surface area contributed by atoms with E-state index in [0.29, 0.717) is 19.6 Å². The second kappa shape index (κ2) is 5.10. The highest BCUT2D eigenvalue weighted by Crippen LogP contribution is 2.26. The third-order valence-electron chi connectivity index (χ3n) is 2.95. The van der Waals surface area contributed by atoms with E-state index in [1.54, 1.807) is 6.92 Å². The highest BCUT2D eigenvalue weighted by atomic mass is 35.5. The van der Waals surface area contributed by atoms with Gasteiger partial charge in [0.25, 0.3) is 0 Å². The number of halogens is 1. The summed E-state index contributed by atoms with van der Waals surface area (Å²) in [4.78, 5) is -0.0821. The standard InChI is InChI=1S/C12H13ClN2O3S/c1-12(4-5-18-8-12)15-19(16,17)11-6-9(7-14)2-3-10(11)13/h2-3,6,15H,4-5,8H2,1H3. The van der Waals surface area contributed by atoms with Crippen molar-refractivity contribution >= 4 is 21.6 Å². The second-order valence-corrected chi connectivity index (χ2v) is 6.78. The van der Waals surface area contributed by atoms with Crippen LogP contribution < -0.4 is 4.72 Å². The van der Waals surface area contributed by atoms with Crippen LogP contribution in [0.1, 0.15) is 18.9 Å². The zero-order valence-electron chi connectivity index (χ0n) is 10.3. The van der Waals surface area contributed by atoms with E-state index in [9.17, 15) is 8.42 Å². The Balaban J connectivity index is 2.37. The van der Waals surface area contributed by atoms with Gasteiger partial charge < -0.3 is 4.74 Å². The largest absolute Gasteiger partial charge is 0.379 e. The number of rotatable bonds is 3. The first-order valence-corrected chi connectivity index (χ1v) is 7.54. The Morgan fingerprint density at radius 3 is 2.84 bits per heavy atom. The molecule has 102 valence electrons. The fourth-order valence-corrected chi connectivity index (χ4v) is 3.85. The van der Waals surface area contributed by atoms with Crippen molar-refractivity contribution in [3.8, 4) is 6.07 Å². The molecule has 5 nitrogen and oxygen atoms in total. The molecule has 1 atom stereocenters. The monoisotopic (exact) mass is 300 g/mol. The predicted molar refractivity (Wildman–Crippen MR) is 70.3 cm³/mol. The smallest absolute Gasteiger partial charge is 0.242 e. The van der Waals surface area contributed by atoms with E-state index in [0.717, 1.165) is 0 Å². The maximum Gasteiger partial charge on any atom is 0.242 e. The van der Waals surface area contributed by atoms with E-state index >= 15 is 0 Å². The van der Waals surface area contributed by atoms with Gasteiger partial charge in [-0.15, -0.1) is 0 Å². The topological polar surface area (TPSA) is 79.2 Å². The molecule has 1 saturated heterocycles. The maximum absolute atomic E-state index is 12.3. The Morgan fingerprint density at radius 2 is 2.26 bits per heavy atom. The first-order valence-electron chi connectivity index (χ1n) is 5.68. The summed E-state index contributed by atoms with van der Waals surface area (Å²) < 4.78 is 32.4. The lowest BCUT2D eigenvalue weighted by molar-refractivity contribution is 0.178. The van der Waals surface area contributed by atoms with Crippen molar-refractivity contribution in [2.75, 3.05) is 13.2 Å². The van der Waals surface area contributed by atoms with Crippen LogP contribution in [-0.2, 0) is 14.8 Å². The Bertz CT molecular complexity index is 631. The van der Waals surface area contributed by atoms with Crippen molar-refractivity contribution in [3.63, 3.8) is 0 Å². The van der Waals surface area contributed by atoms with Gasteiger partial charge in [0.2, 0.25) is 10.0 Å². The number of sulfonamides is 1. The lowest BCUT2D eigenvalue weighted by Gasteiger charge is -2.23. The third-order valence-corrected chi connectivity index (χ3v) is 5.07. The van der Waals surface area contributed by atoms with Crippen molar-refractivity contribution in [2.45, 2.75) is 23.8 Å². The van der Waals surface area contributed by atoms with Crippen LogP contribution in [0.15, 0.2) is 23.1 Å². The van der Waals surface area contributed by atoms with E-state index in [4.69, 9.17) is 21.6 Å². The number of nitrogens with one attached hydrogen (secondary N) is 1. The molecular formula is C12H13ClN2O3S. The normalized spacial score (nSPS) is 23.2. The number of nitriles is 1. The fourth-order valence-electron chi connectivity index (χ4n) is 1.91. The molecule has 1 fully saturated rings. The number of hydrogen-bond acceptors (Lipinski definition) is 4. The van der Waals surface area contributed by atoms with E-state index in [-0.39, 0.29) is 15.5 Å². The minimum atomic E-state index is -3.78. The van der Waals surface area contributed by atoms with E-state index in [1.165, 1.54) is 18.2 Å². The molecule has 1 aromatic rings. The number of ether oxygens (including phenoxy) is 1. The zero-order chi connectivity index (χ0) is 14.1. The van der Waals surface area contributed by atoms with Crippen LogP contribution in [0.4, 0.5) is 0 Å². The lowest BCUT2D eigenvalue weighted by Crippen LogP contribution is -2.46. The first-order chi connectivity index (χ1) is 8.86. The van der Waals surface area contributed by atoms with Gasteiger partial charge in [-0.25, -0.2) is 13.1 Å². The van der Waals surface area contributed by atoms with Crippen molar-refractivity contribution in [1.29, 1.82) is 5.26 Å². The van der Waals surface area contributed by atoms with Crippen LogP contribution in [0.5, 0.6) is 0 Å². The molecule has 0 bridgehead atoms. The van der Waals surface area contributed by atoms with E-state index < -0.39 is 15.6 Å². The van der Waals surface area contributed by atoms with Crippen molar-refractivity contribution < 1.29 is 13.2 Å². The van der Waals surface area contributed by atoms with Crippen molar-refractivity contribution in [1.82, 2.24) is 4.72 Å².